The Labute approximate surface area is 165 Å². The Kier molecular flexibility index (Phi) is 7.92. The summed E-state index contributed by atoms with van der Waals surface area (Å²) in [6.07, 6.45) is -1.61. The fourth-order valence-electron chi connectivity index (χ4n) is 2.71. The first kappa shape index (κ1) is 21.5. The Balaban J connectivity index is 2.18. The molecule has 0 bridgehead atoms. The summed E-state index contributed by atoms with van der Waals surface area (Å²) >= 11 is 5.57. The van der Waals surface area contributed by atoms with Crippen LogP contribution < -0.4 is 9.47 Å². The number of benzene rings is 2. The fourth-order valence-corrected chi connectivity index (χ4v) is 2.80. The number of aliphatic hydroxyl groups is 3. The lowest BCUT2D eigenvalue weighted by atomic mass is 9.77. The Bertz CT molecular complexity index is 702. The normalized spacial score (nSPS) is 13.9. The zero-order chi connectivity index (χ0) is 19.9. The third-order valence-electron chi connectivity index (χ3n) is 4.40. The second-order valence-electron chi connectivity index (χ2n) is 6.91. The van der Waals surface area contributed by atoms with Crippen LogP contribution in [0.25, 0.3) is 0 Å². The summed E-state index contributed by atoms with van der Waals surface area (Å²) in [7, 11) is 0. The van der Waals surface area contributed by atoms with Crippen molar-refractivity contribution in [3.8, 4) is 11.5 Å². The molecule has 3 N–H and O–H groups in total. The molecule has 0 heterocycles. The van der Waals surface area contributed by atoms with Gasteiger partial charge in [0, 0.05) is 11.0 Å². The highest BCUT2D eigenvalue weighted by Crippen LogP contribution is 2.37. The van der Waals surface area contributed by atoms with Crippen LogP contribution in [0.15, 0.2) is 48.5 Å². The van der Waals surface area contributed by atoms with Gasteiger partial charge < -0.3 is 24.8 Å². The van der Waals surface area contributed by atoms with E-state index in [-0.39, 0.29) is 31.1 Å². The van der Waals surface area contributed by atoms with E-state index in [1.807, 2.05) is 48.5 Å². The van der Waals surface area contributed by atoms with E-state index in [4.69, 9.17) is 26.2 Å². The van der Waals surface area contributed by atoms with Gasteiger partial charge in [0.1, 0.15) is 36.9 Å². The minimum Gasteiger partial charge on any atom is -0.491 e. The maximum Gasteiger partial charge on any atom is 0.123 e. The smallest absolute Gasteiger partial charge is 0.123 e. The molecule has 0 saturated carbocycles. The van der Waals surface area contributed by atoms with Crippen molar-refractivity contribution in [3.63, 3.8) is 0 Å². The lowest BCUT2D eigenvalue weighted by Crippen LogP contribution is -2.24. The average molecular weight is 395 g/mol. The van der Waals surface area contributed by atoms with E-state index in [0.29, 0.717) is 11.5 Å². The second-order valence-corrected chi connectivity index (χ2v) is 7.22. The van der Waals surface area contributed by atoms with E-state index in [0.717, 1.165) is 11.1 Å². The van der Waals surface area contributed by atoms with E-state index >= 15 is 0 Å². The van der Waals surface area contributed by atoms with Crippen LogP contribution >= 0.6 is 11.6 Å². The van der Waals surface area contributed by atoms with Gasteiger partial charge in [-0.2, -0.15) is 0 Å². The van der Waals surface area contributed by atoms with E-state index < -0.39 is 12.2 Å². The first-order valence-electron chi connectivity index (χ1n) is 8.87. The molecule has 0 aliphatic rings. The topological polar surface area (TPSA) is 79.2 Å². The van der Waals surface area contributed by atoms with Crippen LogP contribution in [0.2, 0.25) is 0 Å². The SMILES string of the molecule is CC(C)(c1ccc(OCC(O)CCl)cc1)c1ccccc1OCC(O)CO. The number of hydrogen-bond donors (Lipinski definition) is 3. The monoisotopic (exact) mass is 394 g/mol. The van der Waals surface area contributed by atoms with Crippen LogP contribution in [0.5, 0.6) is 11.5 Å². The molecular weight excluding hydrogens is 368 g/mol. The van der Waals surface area contributed by atoms with Crippen molar-refractivity contribution in [1.29, 1.82) is 0 Å². The summed E-state index contributed by atoms with van der Waals surface area (Å²) in [4.78, 5) is 0. The Hall–Kier alpha value is -1.79. The Morgan fingerprint density at radius 1 is 0.926 bits per heavy atom. The molecule has 0 fully saturated rings. The van der Waals surface area contributed by atoms with Crippen LogP contribution in [0.4, 0.5) is 0 Å². The molecule has 6 heteroatoms. The summed E-state index contributed by atoms with van der Waals surface area (Å²) in [6, 6.07) is 15.3. The zero-order valence-electron chi connectivity index (χ0n) is 15.6. The van der Waals surface area contributed by atoms with Crippen LogP contribution in [-0.2, 0) is 5.41 Å². The highest BCUT2D eigenvalue weighted by atomic mass is 35.5. The Morgan fingerprint density at radius 2 is 1.56 bits per heavy atom. The minimum atomic E-state index is -0.916. The highest BCUT2D eigenvalue weighted by molar-refractivity contribution is 6.18. The van der Waals surface area contributed by atoms with Crippen molar-refractivity contribution >= 4 is 11.6 Å². The van der Waals surface area contributed by atoms with Crippen LogP contribution in [0.3, 0.4) is 0 Å². The number of para-hydroxylation sites is 1. The van der Waals surface area contributed by atoms with E-state index in [9.17, 15) is 10.2 Å². The van der Waals surface area contributed by atoms with Crippen molar-refractivity contribution in [2.24, 2.45) is 0 Å². The average Bonchev–Trinajstić information content (AvgIpc) is 2.70. The third-order valence-corrected chi connectivity index (χ3v) is 4.76. The summed E-state index contributed by atoms with van der Waals surface area (Å²) in [5.41, 5.74) is 1.68. The van der Waals surface area contributed by atoms with Gasteiger partial charge in [0.2, 0.25) is 0 Å². The lowest BCUT2D eigenvalue weighted by Gasteiger charge is -2.28. The maximum absolute atomic E-state index is 9.55. The lowest BCUT2D eigenvalue weighted by molar-refractivity contribution is 0.0530. The predicted molar refractivity (Wildman–Crippen MR) is 106 cm³/mol. The summed E-state index contributed by atoms with van der Waals surface area (Å²) in [5.74, 6) is 1.46. The van der Waals surface area contributed by atoms with E-state index in [2.05, 4.69) is 13.8 Å². The zero-order valence-corrected chi connectivity index (χ0v) is 16.4. The molecule has 2 aromatic rings. The minimum absolute atomic E-state index is 0.0271. The number of alkyl halides is 1. The van der Waals surface area contributed by atoms with E-state index in [1.54, 1.807) is 0 Å². The summed E-state index contributed by atoms with van der Waals surface area (Å²) in [6.45, 7) is 4.01. The van der Waals surface area contributed by atoms with Crippen molar-refractivity contribution in [2.75, 3.05) is 25.7 Å². The second kappa shape index (κ2) is 9.95. The van der Waals surface area contributed by atoms with Crippen molar-refractivity contribution in [3.05, 3.63) is 59.7 Å². The van der Waals surface area contributed by atoms with Gasteiger partial charge >= 0.3 is 0 Å². The van der Waals surface area contributed by atoms with Crippen molar-refractivity contribution < 1.29 is 24.8 Å². The first-order valence-corrected chi connectivity index (χ1v) is 9.40. The molecular formula is C21H27ClO5. The molecule has 5 nitrogen and oxygen atoms in total. The van der Waals surface area contributed by atoms with Crippen LogP contribution in [-0.4, -0.2) is 53.2 Å². The summed E-state index contributed by atoms with van der Waals surface area (Å²) in [5, 5.41) is 28.0. The van der Waals surface area contributed by atoms with E-state index in [1.165, 1.54) is 0 Å². The number of aliphatic hydroxyl groups excluding tert-OH is 3. The molecule has 2 unspecified atom stereocenters. The van der Waals surface area contributed by atoms with Gasteiger partial charge in [-0.05, 0) is 23.8 Å². The predicted octanol–water partition coefficient (Wildman–Crippen LogP) is 2.72. The van der Waals surface area contributed by atoms with Gasteiger partial charge in [0.05, 0.1) is 12.5 Å². The molecule has 148 valence electrons. The molecule has 27 heavy (non-hydrogen) atoms. The molecule has 0 amide bonds. The molecule has 0 aliphatic carbocycles. The standard InChI is InChI=1S/C21H27ClO5/c1-21(2,15-7-9-18(10-8-15)26-13-16(24)11-22)19-5-3-4-6-20(19)27-14-17(25)12-23/h3-10,16-17,23-25H,11-14H2,1-2H3. The number of rotatable bonds is 10. The van der Waals surface area contributed by atoms with Gasteiger partial charge in [-0.1, -0.05) is 44.2 Å². The number of halogens is 1. The molecule has 0 spiro atoms. The first-order chi connectivity index (χ1) is 12.9. The number of hydrogen-bond acceptors (Lipinski definition) is 5. The number of ether oxygens (including phenoxy) is 2. The molecule has 0 aliphatic heterocycles. The highest BCUT2D eigenvalue weighted by Gasteiger charge is 2.27. The van der Waals surface area contributed by atoms with Gasteiger partial charge in [-0.25, -0.2) is 0 Å². The van der Waals surface area contributed by atoms with Gasteiger partial charge in [0.15, 0.2) is 0 Å². The Morgan fingerprint density at radius 3 is 2.19 bits per heavy atom. The molecule has 2 atom stereocenters. The fraction of sp³-hybridized carbons (Fsp3) is 0.429. The molecule has 2 aromatic carbocycles. The molecule has 0 aromatic heterocycles. The summed E-state index contributed by atoms with van der Waals surface area (Å²) < 4.78 is 11.2. The van der Waals surface area contributed by atoms with Crippen LogP contribution in [0.1, 0.15) is 25.0 Å². The van der Waals surface area contributed by atoms with Crippen LogP contribution in [0, 0.1) is 0 Å². The molecule has 0 radical (unpaired) electrons. The third kappa shape index (κ3) is 5.84. The van der Waals surface area contributed by atoms with Crippen molar-refractivity contribution in [1.82, 2.24) is 0 Å². The largest absolute Gasteiger partial charge is 0.491 e. The maximum atomic E-state index is 9.55. The molecule has 0 saturated heterocycles. The van der Waals surface area contributed by atoms with Gasteiger partial charge in [-0.15, -0.1) is 11.6 Å². The van der Waals surface area contributed by atoms with Crippen molar-refractivity contribution in [2.45, 2.75) is 31.5 Å². The molecule has 2 rings (SSSR count). The van der Waals surface area contributed by atoms with Gasteiger partial charge in [0.25, 0.3) is 0 Å². The quantitative estimate of drug-likeness (QED) is 0.540. The van der Waals surface area contributed by atoms with Gasteiger partial charge in [-0.3, -0.25) is 0 Å².